The van der Waals surface area contributed by atoms with Gasteiger partial charge in [0.25, 0.3) is 0 Å². The molecule has 2 bridgehead atoms. The van der Waals surface area contributed by atoms with E-state index >= 15 is 0 Å². The normalized spacial score (nSPS) is 49.0. The Kier molecular flexibility index (Phi) is 7.28. The smallest absolute Gasteiger partial charge is 0.305 e. The van der Waals surface area contributed by atoms with Gasteiger partial charge in [-0.2, -0.15) is 0 Å². The number of nitrogens with zero attached hydrogens (tertiary/aromatic N) is 1. The maximum atomic E-state index is 13.5. The van der Waals surface area contributed by atoms with Crippen molar-refractivity contribution in [2.24, 2.45) is 28.1 Å². The van der Waals surface area contributed by atoms with Crippen LogP contribution >= 0.6 is 0 Å². The summed E-state index contributed by atoms with van der Waals surface area (Å²) in [4.78, 5) is 31.4. The fraction of sp³-hybridized carbons (Fsp3) is 0.800. The van der Waals surface area contributed by atoms with Crippen LogP contribution in [-0.2, 0) is 23.9 Å². The minimum Gasteiger partial charge on any atom is -0.472 e. The molecule has 12 unspecified atom stereocenters. The van der Waals surface area contributed by atoms with Crippen LogP contribution in [0.25, 0.3) is 0 Å². The third-order valence-electron chi connectivity index (χ3n) is 12.8. The molecule has 0 radical (unpaired) electrons. The van der Waals surface area contributed by atoms with E-state index in [4.69, 9.17) is 18.7 Å². The van der Waals surface area contributed by atoms with Crippen LogP contribution in [0.3, 0.4) is 0 Å². The standard InChI is InChI=1S/C30H45NO12/c1-24(21(34)16-8-11-43-14-16)9-10-28(41-6)26(3)17(13-20(33)40-5)25(2)15-27(26,37)30(39,22(25)35)23(36)29(28,38)18(24)12-19(32)31(4)42-7/h8,11,14,17-18,21-23,34-39H,9-10,12-13,15H2,1-7H3. The van der Waals surface area contributed by atoms with Crippen molar-refractivity contribution in [2.75, 3.05) is 28.4 Å². The molecule has 12 atom stereocenters. The maximum Gasteiger partial charge on any atom is 0.305 e. The fourth-order valence-electron chi connectivity index (χ4n) is 10.5. The average Bonchev–Trinajstić information content (AvgIpc) is 3.62. The summed E-state index contributed by atoms with van der Waals surface area (Å²) in [5.74, 6) is -3.51. The van der Waals surface area contributed by atoms with E-state index in [1.807, 2.05) is 0 Å². The number of hydrogen-bond donors (Lipinski definition) is 6. The zero-order valence-corrected chi connectivity index (χ0v) is 25.7. The lowest BCUT2D eigenvalue weighted by Crippen LogP contribution is -2.93. The summed E-state index contributed by atoms with van der Waals surface area (Å²) < 4.78 is 16.5. The van der Waals surface area contributed by atoms with Gasteiger partial charge in [0.15, 0.2) is 0 Å². The predicted octanol–water partition coefficient (Wildman–Crippen LogP) is 0.0623. The minimum atomic E-state index is -2.72. The summed E-state index contributed by atoms with van der Waals surface area (Å²) in [6.45, 7) is 4.89. The van der Waals surface area contributed by atoms with E-state index in [9.17, 15) is 40.2 Å². The second kappa shape index (κ2) is 9.70. The van der Waals surface area contributed by atoms with Gasteiger partial charge in [-0.1, -0.05) is 20.8 Å². The number of hydrogen-bond acceptors (Lipinski definition) is 12. The van der Waals surface area contributed by atoms with Crippen molar-refractivity contribution in [1.82, 2.24) is 5.06 Å². The summed E-state index contributed by atoms with van der Waals surface area (Å²) in [7, 11) is 5.18. The molecule has 1 aromatic heterocycles. The number of methoxy groups -OCH3 is 2. The Balaban J connectivity index is 1.81. The van der Waals surface area contributed by atoms with Gasteiger partial charge >= 0.3 is 5.97 Å². The highest BCUT2D eigenvalue weighted by Gasteiger charge is 2.96. The number of aliphatic hydroxyl groups is 6. The highest BCUT2D eigenvalue weighted by atomic mass is 16.7. The Labute approximate surface area is 250 Å². The van der Waals surface area contributed by atoms with Crippen molar-refractivity contribution >= 4 is 11.9 Å². The first kappa shape index (κ1) is 32.3. The predicted molar refractivity (Wildman–Crippen MR) is 146 cm³/mol. The summed E-state index contributed by atoms with van der Waals surface area (Å²) in [6.07, 6.45) is -3.61. The molecule has 4 fully saturated rings. The SMILES string of the molecule is COC(=O)CC1C2(C)CC3(O)C(O)(C2O)C(O)C2(O)C(CC(=O)N(C)OC)C(C)(C(O)c4ccoc4)CCC2(OC)C13C. The summed E-state index contributed by atoms with van der Waals surface area (Å²) in [6, 6.07) is 1.55. The molecular formula is C30H45NO12. The van der Waals surface area contributed by atoms with Gasteiger partial charge in [0.05, 0.1) is 39.0 Å². The molecule has 242 valence electrons. The second-order valence-corrected chi connectivity index (χ2v) is 13.9. The molecule has 0 saturated heterocycles. The highest BCUT2D eigenvalue weighted by molar-refractivity contribution is 5.75. The van der Waals surface area contributed by atoms with Crippen LogP contribution in [0, 0.1) is 28.1 Å². The molecule has 0 spiro atoms. The molecule has 1 aromatic rings. The molecule has 13 nitrogen and oxygen atoms in total. The monoisotopic (exact) mass is 611 g/mol. The quantitative estimate of drug-likeness (QED) is 0.171. The Morgan fingerprint density at radius 2 is 1.67 bits per heavy atom. The molecule has 4 aliphatic rings. The summed E-state index contributed by atoms with van der Waals surface area (Å²) in [5, 5.41) is 75.0. The summed E-state index contributed by atoms with van der Waals surface area (Å²) >= 11 is 0. The Morgan fingerprint density at radius 3 is 2.21 bits per heavy atom. The lowest BCUT2D eigenvalue weighted by atomic mass is 9.33. The average molecular weight is 612 g/mol. The zero-order chi connectivity index (χ0) is 32.2. The number of aliphatic hydroxyl groups excluding tert-OH is 3. The van der Waals surface area contributed by atoms with Gasteiger partial charge in [-0.15, -0.1) is 0 Å². The number of rotatable bonds is 8. The molecule has 1 amide bonds. The number of amides is 1. The van der Waals surface area contributed by atoms with Crippen LogP contribution in [0.15, 0.2) is 23.0 Å². The number of hydroxylamine groups is 2. The lowest BCUT2D eigenvalue weighted by molar-refractivity contribution is -0.441. The van der Waals surface area contributed by atoms with Gasteiger partial charge in [0.2, 0.25) is 5.91 Å². The van der Waals surface area contributed by atoms with Crippen molar-refractivity contribution in [3.05, 3.63) is 24.2 Å². The highest BCUT2D eigenvalue weighted by Crippen LogP contribution is 2.83. The first-order chi connectivity index (χ1) is 19.9. The largest absolute Gasteiger partial charge is 0.472 e. The van der Waals surface area contributed by atoms with Gasteiger partial charge in [0.1, 0.15) is 28.5 Å². The van der Waals surface area contributed by atoms with Crippen LogP contribution in [0.4, 0.5) is 0 Å². The Morgan fingerprint density at radius 1 is 1.02 bits per heavy atom. The first-order valence-electron chi connectivity index (χ1n) is 14.5. The van der Waals surface area contributed by atoms with Crippen molar-refractivity contribution in [3.63, 3.8) is 0 Å². The van der Waals surface area contributed by atoms with E-state index in [2.05, 4.69) is 0 Å². The van der Waals surface area contributed by atoms with Crippen LogP contribution in [0.5, 0.6) is 0 Å². The van der Waals surface area contributed by atoms with Gasteiger partial charge in [0, 0.05) is 54.7 Å². The molecule has 1 heterocycles. The van der Waals surface area contributed by atoms with E-state index < -0.39 is 87.1 Å². The molecule has 0 aromatic carbocycles. The van der Waals surface area contributed by atoms with Crippen molar-refractivity contribution in [3.8, 4) is 0 Å². The maximum absolute atomic E-state index is 13.5. The van der Waals surface area contributed by atoms with Crippen molar-refractivity contribution in [2.45, 2.75) is 93.6 Å². The van der Waals surface area contributed by atoms with Crippen molar-refractivity contribution in [1.29, 1.82) is 0 Å². The molecule has 4 aliphatic carbocycles. The number of furan rings is 1. The second-order valence-electron chi connectivity index (χ2n) is 13.9. The molecule has 5 rings (SSSR count). The fourth-order valence-corrected chi connectivity index (χ4v) is 10.5. The van der Waals surface area contributed by atoms with Crippen molar-refractivity contribution < 1.29 is 59.0 Å². The topological polar surface area (TPSA) is 200 Å². The van der Waals surface area contributed by atoms with E-state index in [0.717, 1.165) is 5.06 Å². The minimum absolute atomic E-state index is 0.0635. The van der Waals surface area contributed by atoms with E-state index in [1.165, 1.54) is 40.9 Å². The van der Waals surface area contributed by atoms with Gasteiger partial charge < -0.3 is 44.5 Å². The van der Waals surface area contributed by atoms with Gasteiger partial charge in [-0.25, -0.2) is 5.06 Å². The van der Waals surface area contributed by atoms with Crippen LogP contribution < -0.4 is 0 Å². The third-order valence-corrected chi connectivity index (χ3v) is 12.8. The Bertz CT molecular complexity index is 1280. The Hall–Kier alpha value is -2.10. The lowest BCUT2D eigenvalue weighted by Gasteiger charge is -2.77. The molecule has 13 heteroatoms. The number of fused-ring (bicyclic) bond motifs is 3. The third kappa shape index (κ3) is 3.34. The zero-order valence-electron chi connectivity index (χ0n) is 25.7. The van der Waals surface area contributed by atoms with E-state index in [0.29, 0.717) is 5.56 Å². The van der Waals surface area contributed by atoms with E-state index in [1.54, 1.807) is 26.8 Å². The molecular weight excluding hydrogens is 566 g/mol. The van der Waals surface area contributed by atoms with Crippen LogP contribution in [0.2, 0.25) is 0 Å². The first-order valence-corrected chi connectivity index (χ1v) is 14.5. The number of carbonyl (C=O) groups is 2. The summed E-state index contributed by atoms with van der Waals surface area (Å²) in [5.41, 5.74) is -13.4. The molecule has 6 N–H and O–H groups in total. The van der Waals surface area contributed by atoms with Gasteiger partial charge in [-0.05, 0) is 31.2 Å². The van der Waals surface area contributed by atoms with Gasteiger partial charge in [-0.3, -0.25) is 14.4 Å². The van der Waals surface area contributed by atoms with E-state index in [-0.39, 0.29) is 25.7 Å². The molecule has 43 heavy (non-hydrogen) atoms. The van der Waals surface area contributed by atoms with Crippen LogP contribution in [0.1, 0.15) is 64.5 Å². The molecule has 4 saturated carbocycles. The molecule has 0 aliphatic heterocycles. The van der Waals surface area contributed by atoms with Crippen LogP contribution in [-0.4, -0.2) is 111 Å². The number of esters is 1. The number of carbonyl (C=O) groups excluding carboxylic acids is 2. The number of ether oxygens (including phenoxy) is 2.